The number of rotatable bonds is 2. The van der Waals surface area contributed by atoms with E-state index in [0.29, 0.717) is 5.69 Å². The third-order valence-corrected chi connectivity index (χ3v) is 3.44. The Kier molecular flexibility index (Phi) is 3.83. The molecule has 5 heteroatoms. The molecule has 1 fully saturated rings. The highest BCUT2D eigenvalue weighted by molar-refractivity contribution is 5.75. The van der Waals surface area contributed by atoms with Gasteiger partial charge in [0.15, 0.2) is 11.6 Å². The van der Waals surface area contributed by atoms with Gasteiger partial charge in [-0.3, -0.25) is 0 Å². The van der Waals surface area contributed by atoms with Crippen LogP contribution in [0.3, 0.4) is 0 Å². The summed E-state index contributed by atoms with van der Waals surface area (Å²) in [7, 11) is 0. The average Bonchev–Trinajstić information content (AvgIpc) is 2.32. The Morgan fingerprint density at radius 1 is 1.26 bits per heavy atom. The van der Waals surface area contributed by atoms with E-state index in [9.17, 15) is 0 Å². The second-order valence-corrected chi connectivity index (χ2v) is 6.50. The first-order valence-corrected chi connectivity index (χ1v) is 7.00. The minimum atomic E-state index is -0.0594. The number of nitrogens with zero attached hydrogens (tertiary/aromatic N) is 3. The molecular weight excluding hydrogens is 238 g/mol. The first kappa shape index (κ1) is 13.9. The van der Waals surface area contributed by atoms with Gasteiger partial charge in [-0.05, 0) is 39.5 Å². The molecule has 0 spiro atoms. The fourth-order valence-corrected chi connectivity index (χ4v) is 2.31. The summed E-state index contributed by atoms with van der Waals surface area (Å²) in [4.78, 5) is 10.9. The van der Waals surface area contributed by atoms with Gasteiger partial charge < -0.3 is 16.0 Å². The molecule has 1 aliphatic rings. The summed E-state index contributed by atoms with van der Waals surface area (Å²) in [6.45, 7) is 10.6. The van der Waals surface area contributed by atoms with Crippen LogP contribution in [0.25, 0.3) is 0 Å². The van der Waals surface area contributed by atoms with Crippen molar-refractivity contribution < 1.29 is 0 Å². The van der Waals surface area contributed by atoms with Gasteiger partial charge in [0.1, 0.15) is 12.0 Å². The predicted molar refractivity (Wildman–Crippen MR) is 80.4 cm³/mol. The van der Waals surface area contributed by atoms with Gasteiger partial charge >= 0.3 is 0 Å². The van der Waals surface area contributed by atoms with Crippen molar-refractivity contribution in [3.05, 3.63) is 6.33 Å². The molecule has 0 aromatic carbocycles. The van der Waals surface area contributed by atoms with Crippen LogP contribution in [0.5, 0.6) is 0 Å². The van der Waals surface area contributed by atoms with Crippen molar-refractivity contribution in [1.29, 1.82) is 0 Å². The Bertz CT molecular complexity index is 430. The van der Waals surface area contributed by atoms with E-state index in [4.69, 9.17) is 5.73 Å². The second kappa shape index (κ2) is 5.23. The normalized spacial score (nSPS) is 17.6. The Hall–Kier alpha value is -1.52. The van der Waals surface area contributed by atoms with E-state index in [0.717, 1.165) is 30.6 Å². The van der Waals surface area contributed by atoms with Gasteiger partial charge in [0.25, 0.3) is 0 Å². The van der Waals surface area contributed by atoms with E-state index in [1.807, 2.05) is 0 Å². The van der Waals surface area contributed by atoms with Gasteiger partial charge in [-0.25, -0.2) is 9.97 Å². The molecule has 1 saturated heterocycles. The number of piperidine rings is 1. The maximum atomic E-state index is 6.23. The van der Waals surface area contributed by atoms with E-state index in [1.165, 1.54) is 12.8 Å². The lowest BCUT2D eigenvalue weighted by molar-refractivity contribution is 0.437. The number of nitrogens with two attached hydrogens (primary N) is 1. The van der Waals surface area contributed by atoms with Crippen LogP contribution in [0.15, 0.2) is 6.33 Å². The van der Waals surface area contributed by atoms with Crippen LogP contribution in [0.4, 0.5) is 17.3 Å². The molecule has 0 bridgehead atoms. The first-order valence-electron chi connectivity index (χ1n) is 7.00. The van der Waals surface area contributed by atoms with Crippen molar-refractivity contribution >= 4 is 17.3 Å². The molecule has 0 atom stereocenters. The molecular formula is C14H25N5. The van der Waals surface area contributed by atoms with Crippen molar-refractivity contribution in [3.63, 3.8) is 0 Å². The van der Waals surface area contributed by atoms with Gasteiger partial charge in [0.2, 0.25) is 0 Å². The Balaban J connectivity index is 2.20. The lowest BCUT2D eigenvalue weighted by Gasteiger charge is -2.32. The van der Waals surface area contributed by atoms with Crippen LogP contribution >= 0.6 is 0 Å². The molecule has 3 N–H and O–H groups in total. The lowest BCUT2D eigenvalue weighted by Crippen LogP contribution is -2.34. The number of nitrogen functional groups attached to an aromatic ring is 1. The van der Waals surface area contributed by atoms with E-state index >= 15 is 0 Å². The molecule has 106 valence electrons. The summed E-state index contributed by atoms with van der Waals surface area (Å²) in [5, 5.41) is 3.33. The Morgan fingerprint density at radius 3 is 2.47 bits per heavy atom. The molecule has 0 aliphatic carbocycles. The third kappa shape index (κ3) is 3.49. The first-order chi connectivity index (χ1) is 8.87. The minimum Gasteiger partial charge on any atom is -0.393 e. The molecule has 0 amide bonds. The fourth-order valence-electron chi connectivity index (χ4n) is 2.31. The van der Waals surface area contributed by atoms with Crippen molar-refractivity contribution in [2.45, 2.75) is 46.1 Å². The maximum absolute atomic E-state index is 6.23. The van der Waals surface area contributed by atoms with Crippen molar-refractivity contribution in [3.8, 4) is 0 Å². The van der Waals surface area contributed by atoms with Gasteiger partial charge in [-0.1, -0.05) is 6.92 Å². The zero-order valence-corrected chi connectivity index (χ0v) is 12.4. The Labute approximate surface area is 115 Å². The Morgan fingerprint density at radius 2 is 1.89 bits per heavy atom. The molecule has 0 saturated carbocycles. The zero-order chi connectivity index (χ0) is 14.0. The summed E-state index contributed by atoms with van der Waals surface area (Å²) < 4.78 is 0. The van der Waals surface area contributed by atoms with Crippen LogP contribution in [0.2, 0.25) is 0 Å². The monoisotopic (exact) mass is 263 g/mol. The van der Waals surface area contributed by atoms with Crippen LogP contribution in [-0.4, -0.2) is 28.6 Å². The van der Waals surface area contributed by atoms with Crippen LogP contribution in [0.1, 0.15) is 40.5 Å². The van der Waals surface area contributed by atoms with Crippen molar-refractivity contribution in [2.75, 3.05) is 29.0 Å². The number of hydrogen-bond acceptors (Lipinski definition) is 5. The summed E-state index contributed by atoms with van der Waals surface area (Å²) in [5.41, 5.74) is 6.83. The highest BCUT2D eigenvalue weighted by Gasteiger charge is 2.21. The summed E-state index contributed by atoms with van der Waals surface area (Å²) in [5.74, 6) is 2.40. The van der Waals surface area contributed by atoms with Crippen LogP contribution in [-0.2, 0) is 0 Å². The van der Waals surface area contributed by atoms with E-state index in [-0.39, 0.29) is 5.54 Å². The van der Waals surface area contributed by atoms with Crippen molar-refractivity contribution in [1.82, 2.24) is 9.97 Å². The summed E-state index contributed by atoms with van der Waals surface area (Å²) in [6.07, 6.45) is 3.99. The summed E-state index contributed by atoms with van der Waals surface area (Å²) in [6, 6.07) is 0. The standard InChI is InChI=1S/C14H25N5/c1-10-5-7-19(8-6-10)13-11(15)12(16-9-17-13)18-14(2,3)4/h9-10H,5-8,15H2,1-4H3,(H,16,17,18). The molecule has 19 heavy (non-hydrogen) atoms. The van der Waals surface area contributed by atoms with Crippen molar-refractivity contribution in [2.24, 2.45) is 5.92 Å². The van der Waals surface area contributed by atoms with E-state index < -0.39 is 0 Å². The van der Waals surface area contributed by atoms with Gasteiger partial charge in [0, 0.05) is 18.6 Å². The van der Waals surface area contributed by atoms with E-state index in [2.05, 4.69) is 47.9 Å². The average molecular weight is 263 g/mol. The largest absolute Gasteiger partial charge is 0.393 e. The predicted octanol–water partition coefficient (Wildman–Crippen LogP) is 2.51. The quantitative estimate of drug-likeness (QED) is 0.858. The molecule has 1 aliphatic heterocycles. The second-order valence-electron chi connectivity index (χ2n) is 6.50. The van der Waals surface area contributed by atoms with Gasteiger partial charge in [0.05, 0.1) is 0 Å². The number of nitrogens with one attached hydrogen (secondary N) is 1. The molecule has 5 nitrogen and oxygen atoms in total. The number of aromatic nitrogens is 2. The highest BCUT2D eigenvalue weighted by Crippen LogP contribution is 2.30. The SMILES string of the molecule is CC1CCN(c2ncnc(NC(C)(C)C)c2N)CC1. The van der Waals surface area contributed by atoms with E-state index in [1.54, 1.807) is 6.33 Å². The fraction of sp³-hybridized carbons (Fsp3) is 0.714. The van der Waals surface area contributed by atoms with Crippen LogP contribution < -0.4 is 16.0 Å². The smallest absolute Gasteiger partial charge is 0.157 e. The topological polar surface area (TPSA) is 67.1 Å². The molecule has 0 radical (unpaired) electrons. The molecule has 1 aromatic heterocycles. The highest BCUT2D eigenvalue weighted by atomic mass is 15.2. The van der Waals surface area contributed by atoms with Gasteiger partial charge in [-0.15, -0.1) is 0 Å². The number of hydrogen-bond donors (Lipinski definition) is 2. The molecule has 2 heterocycles. The maximum Gasteiger partial charge on any atom is 0.157 e. The molecule has 0 unspecified atom stereocenters. The third-order valence-electron chi connectivity index (χ3n) is 3.44. The van der Waals surface area contributed by atoms with Gasteiger partial charge in [-0.2, -0.15) is 0 Å². The summed E-state index contributed by atoms with van der Waals surface area (Å²) >= 11 is 0. The lowest BCUT2D eigenvalue weighted by atomic mass is 9.99. The molecule has 2 rings (SSSR count). The zero-order valence-electron chi connectivity index (χ0n) is 12.4. The van der Waals surface area contributed by atoms with Crippen LogP contribution in [0, 0.1) is 5.92 Å². The minimum absolute atomic E-state index is 0.0594. The number of anilines is 3. The molecule has 1 aromatic rings.